The molecule has 39 heavy (non-hydrogen) atoms. The minimum absolute atomic E-state index is 0.0472. The third kappa shape index (κ3) is 3.53. The fourth-order valence-electron chi connectivity index (χ4n) is 10.5. The van der Waals surface area contributed by atoms with E-state index in [1.807, 2.05) is 32.9 Å². The van der Waals surface area contributed by atoms with Gasteiger partial charge in [0.2, 0.25) is 5.70 Å². The molecule has 212 valence electrons. The summed E-state index contributed by atoms with van der Waals surface area (Å²) in [6.45, 7) is 25.7. The molecule has 2 N–H and O–H groups in total. The zero-order valence-electron chi connectivity index (χ0n) is 25.2. The summed E-state index contributed by atoms with van der Waals surface area (Å²) in [5, 5.41) is 6.36. The number of amides is 2. The van der Waals surface area contributed by atoms with Crippen molar-refractivity contribution in [3.63, 3.8) is 0 Å². The first-order valence-electron chi connectivity index (χ1n) is 15.1. The molecule has 5 aliphatic rings. The van der Waals surface area contributed by atoms with Crippen molar-refractivity contribution in [3.05, 3.63) is 34.8 Å². The number of fused-ring (bicyclic) bond motifs is 7. The van der Waals surface area contributed by atoms with E-state index in [1.165, 1.54) is 0 Å². The number of allylic oxidation sites excluding steroid dienone is 4. The van der Waals surface area contributed by atoms with E-state index in [1.54, 1.807) is 0 Å². The molecule has 0 aromatic carbocycles. The Balaban J connectivity index is 1.67. The quantitative estimate of drug-likeness (QED) is 0.398. The van der Waals surface area contributed by atoms with Crippen molar-refractivity contribution in [3.8, 4) is 0 Å². The van der Waals surface area contributed by atoms with Gasteiger partial charge in [-0.15, -0.1) is 0 Å². The standard InChI is InChI=1S/C33H47N3O3/c1-10-35-28(39)36-33-14-11-19(2)20(3)25(33)26-22(37)17-24-30(6)18-21(34-9)27(38)29(4,5)23(30)12-13-31(24,7)32(26,8)15-16-33/h17-20,23,25-26H,10-16H2,1-8H3,(H2,35,36,39)/t19-,20+,23+,25+,26-,30+,31-,32-,33+/m1/s1. The van der Waals surface area contributed by atoms with E-state index in [9.17, 15) is 14.4 Å². The molecular weight excluding hydrogens is 486 g/mol. The topological polar surface area (TPSA) is 79.6 Å². The largest absolute Gasteiger partial charge is 0.338 e. The van der Waals surface area contributed by atoms with Crippen LogP contribution in [-0.4, -0.2) is 29.7 Å². The number of ketones is 2. The van der Waals surface area contributed by atoms with Crippen LogP contribution >= 0.6 is 0 Å². The van der Waals surface area contributed by atoms with Gasteiger partial charge in [-0.25, -0.2) is 9.64 Å². The molecule has 0 aliphatic heterocycles. The number of carbonyl (C=O) groups is 3. The summed E-state index contributed by atoms with van der Waals surface area (Å²) in [7, 11) is 0. The maximum atomic E-state index is 14.5. The Morgan fingerprint density at radius 3 is 2.38 bits per heavy atom. The van der Waals surface area contributed by atoms with Crippen molar-refractivity contribution < 1.29 is 14.4 Å². The molecule has 0 aromatic heterocycles. The third-order valence-corrected chi connectivity index (χ3v) is 12.9. The third-order valence-electron chi connectivity index (χ3n) is 12.9. The van der Waals surface area contributed by atoms with Crippen molar-refractivity contribution in [1.29, 1.82) is 0 Å². The van der Waals surface area contributed by atoms with Crippen LogP contribution in [0.3, 0.4) is 0 Å². The van der Waals surface area contributed by atoms with Gasteiger partial charge in [-0.3, -0.25) is 4.79 Å². The zero-order valence-corrected chi connectivity index (χ0v) is 25.2. The number of carbonyl (C=O) groups excluding carboxylic acids is 3. The molecule has 5 rings (SSSR count). The fraction of sp³-hybridized carbons (Fsp3) is 0.758. The van der Waals surface area contributed by atoms with Gasteiger partial charge in [0, 0.05) is 28.8 Å². The van der Waals surface area contributed by atoms with Gasteiger partial charge in [-0.05, 0) is 86.0 Å². The summed E-state index contributed by atoms with van der Waals surface area (Å²) in [6, 6.07) is -0.127. The Bertz CT molecular complexity index is 1220. The van der Waals surface area contributed by atoms with Gasteiger partial charge in [0.25, 0.3) is 0 Å². The van der Waals surface area contributed by atoms with E-state index in [4.69, 9.17) is 6.57 Å². The number of hydrogen-bond acceptors (Lipinski definition) is 3. The van der Waals surface area contributed by atoms with Crippen LogP contribution in [0.1, 0.15) is 93.9 Å². The van der Waals surface area contributed by atoms with Crippen molar-refractivity contribution in [2.45, 2.75) is 99.5 Å². The van der Waals surface area contributed by atoms with Crippen molar-refractivity contribution in [2.75, 3.05) is 6.54 Å². The minimum atomic E-state index is -0.655. The SMILES string of the molecule is [C-]#[N+]C1=C[C@]2(C)C3=CC(=O)[C@@H]4[C@@H]5[C@@H](C)[C@H](C)CC[C@]5(NC(=O)NCC)CC[C@@]4(C)[C@]3(C)CC[C@H]2C(C)(C)C1=O. The van der Waals surface area contributed by atoms with E-state index < -0.39 is 10.8 Å². The maximum absolute atomic E-state index is 14.5. The summed E-state index contributed by atoms with van der Waals surface area (Å²) in [5.41, 5.74) is -0.739. The lowest BCUT2D eigenvalue weighted by Crippen LogP contribution is -2.71. The van der Waals surface area contributed by atoms with E-state index in [0.29, 0.717) is 18.4 Å². The molecule has 5 aliphatic carbocycles. The molecule has 0 spiro atoms. The van der Waals surface area contributed by atoms with E-state index in [0.717, 1.165) is 44.1 Å². The van der Waals surface area contributed by atoms with Crippen LogP contribution < -0.4 is 10.6 Å². The molecule has 0 saturated heterocycles. The summed E-state index contributed by atoms with van der Waals surface area (Å²) < 4.78 is 0. The monoisotopic (exact) mass is 533 g/mol. The normalized spacial score (nSPS) is 46.3. The van der Waals surface area contributed by atoms with E-state index >= 15 is 0 Å². The van der Waals surface area contributed by atoms with Gasteiger partial charge in [-0.2, -0.15) is 0 Å². The zero-order chi connectivity index (χ0) is 28.8. The van der Waals surface area contributed by atoms with Gasteiger partial charge < -0.3 is 15.4 Å². The van der Waals surface area contributed by atoms with Crippen LogP contribution in [0, 0.1) is 57.8 Å². The van der Waals surface area contributed by atoms with E-state index in [2.05, 4.69) is 50.1 Å². The average Bonchev–Trinajstić information content (AvgIpc) is 2.86. The van der Waals surface area contributed by atoms with Crippen molar-refractivity contribution in [1.82, 2.24) is 10.6 Å². The number of rotatable bonds is 2. The Labute approximate surface area is 234 Å². The predicted octanol–water partition coefficient (Wildman–Crippen LogP) is 6.49. The molecule has 0 radical (unpaired) electrons. The highest BCUT2D eigenvalue weighted by molar-refractivity contribution is 6.03. The molecule has 3 fully saturated rings. The van der Waals surface area contributed by atoms with Crippen LogP contribution in [0.15, 0.2) is 23.4 Å². The molecule has 9 atom stereocenters. The molecule has 0 bridgehead atoms. The second-order valence-corrected chi connectivity index (χ2v) is 14.8. The van der Waals surface area contributed by atoms with Gasteiger partial charge in [0.05, 0.1) is 6.57 Å². The molecule has 6 nitrogen and oxygen atoms in total. The van der Waals surface area contributed by atoms with Gasteiger partial charge in [0.1, 0.15) is 0 Å². The Morgan fingerprint density at radius 2 is 1.74 bits per heavy atom. The first kappa shape index (κ1) is 28.1. The van der Waals surface area contributed by atoms with Crippen LogP contribution in [0.2, 0.25) is 0 Å². The Kier molecular flexibility index (Phi) is 6.34. The highest BCUT2D eigenvalue weighted by atomic mass is 16.2. The average molecular weight is 534 g/mol. The van der Waals surface area contributed by atoms with Gasteiger partial charge >= 0.3 is 6.03 Å². The lowest BCUT2D eigenvalue weighted by atomic mass is 9.35. The molecule has 0 heterocycles. The molecule has 0 aromatic rings. The van der Waals surface area contributed by atoms with Gasteiger partial charge in [0.15, 0.2) is 11.6 Å². The number of Topliss-reactive ketones (excluding diaryl/α,β-unsaturated/α-hetero) is 1. The number of hydrogen-bond donors (Lipinski definition) is 2. The summed E-state index contributed by atoms with van der Waals surface area (Å²) in [6.07, 6.45) is 9.34. The maximum Gasteiger partial charge on any atom is 0.315 e. The molecular formula is C33H47N3O3. The van der Waals surface area contributed by atoms with Crippen molar-refractivity contribution in [2.24, 2.45) is 51.2 Å². The predicted molar refractivity (Wildman–Crippen MR) is 152 cm³/mol. The molecule has 2 amide bonds. The smallest absolute Gasteiger partial charge is 0.315 e. The first-order valence-corrected chi connectivity index (χ1v) is 15.1. The van der Waals surface area contributed by atoms with Crippen LogP contribution in [0.4, 0.5) is 4.79 Å². The molecule has 3 saturated carbocycles. The second kappa shape index (κ2) is 8.79. The minimum Gasteiger partial charge on any atom is -0.338 e. The summed E-state index contributed by atoms with van der Waals surface area (Å²) in [4.78, 5) is 44.4. The van der Waals surface area contributed by atoms with Crippen LogP contribution in [0.5, 0.6) is 0 Å². The van der Waals surface area contributed by atoms with E-state index in [-0.39, 0.29) is 57.4 Å². The Hall–Kier alpha value is -2.42. The molecule has 6 heteroatoms. The van der Waals surface area contributed by atoms with Crippen molar-refractivity contribution >= 4 is 17.6 Å². The second-order valence-electron chi connectivity index (χ2n) is 14.8. The number of nitrogens with zero attached hydrogens (tertiary/aromatic N) is 1. The summed E-state index contributed by atoms with van der Waals surface area (Å²) in [5.74, 6) is 0.823. The lowest BCUT2D eigenvalue weighted by molar-refractivity contribution is -0.164. The van der Waals surface area contributed by atoms with Crippen LogP contribution in [-0.2, 0) is 9.59 Å². The highest BCUT2D eigenvalue weighted by Crippen LogP contribution is 2.73. The summed E-state index contributed by atoms with van der Waals surface area (Å²) >= 11 is 0. The fourth-order valence-corrected chi connectivity index (χ4v) is 10.5. The Morgan fingerprint density at radius 1 is 1.05 bits per heavy atom. The van der Waals surface area contributed by atoms with Crippen LogP contribution in [0.25, 0.3) is 4.85 Å². The van der Waals surface area contributed by atoms with Gasteiger partial charge in [-0.1, -0.05) is 60.1 Å². The lowest BCUT2D eigenvalue weighted by Gasteiger charge is -2.69. The first-order chi connectivity index (χ1) is 18.1. The number of nitrogens with one attached hydrogen (secondary N) is 2. The molecule has 0 unspecified atom stereocenters. The number of urea groups is 1. The highest BCUT2D eigenvalue weighted by Gasteiger charge is 2.70.